The van der Waals surface area contributed by atoms with E-state index >= 15 is 0 Å². The zero-order valence-electron chi connectivity index (χ0n) is 35.6. The van der Waals surface area contributed by atoms with E-state index in [1.165, 1.54) is 53.8 Å². The second kappa shape index (κ2) is 19.6. The van der Waals surface area contributed by atoms with Crippen molar-refractivity contribution in [2.24, 2.45) is 4.99 Å². The molecule has 4 aromatic rings. The van der Waals surface area contributed by atoms with Gasteiger partial charge in [-0.25, -0.2) is 14.7 Å². The van der Waals surface area contributed by atoms with Gasteiger partial charge in [0.15, 0.2) is 28.8 Å². The van der Waals surface area contributed by atoms with Gasteiger partial charge in [-0.2, -0.15) is 0 Å². The predicted molar refractivity (Wildman–Crippen MR) is 231 cm³/mol. The summed E-state index contributed by atoms with van der Waals surface area (Å²) in [4.78, 5) is 61.0. The Hall–Kier alpha value is -6.33. The number of hydrogen-bond donors (Lipinski definition) is 9. The highest BCUT2D eigenvalue weighted by Gasteiger charge is 2.72. The average Bonchev–Trinajstić information content (AvgIpc) is 3.88. The number of esters is 1. The lowest BCUT2D eigenvalue weighted by Crippen LogP contribution is -2.82. The number of aliphatic carboxylic acids is 1. The Morgan fingerprint density at radius 1 is 1.03 bits per heavy atom. The topological polar surface area (TPSA) is 308 Å². The molecule has 66 heavy (non-hydrogen) atoms. The van der Waals surface area contributed by atoms with Crippen molar-refractivity contribution in [1.82, 2.24) is 10.4 Å². The molecule has 20 nitrogen and oxygen atoms in total. The van der Waals surface area contributed by atoms with E-state index in [1.54, 1.807) is 12.3 Å². The highest BCUT2D eigenvalue weighted by Crippen LogP contribution is 2.47. The fourth-order valence-electron chi connectivity index (χ4n) is 8.37. The number of hydrogen-bond acceptors (Lipinski definition) is 19. The largest absolute Gasteiger partial charge is 0.508 e. The minimum absolute atomic E-state index is 0.00952. The van der Waals surface area contributed by atoms with Crippen LogP contribution in [0.1, 0.15) is 36.0 Å². The number of aliphatic imine (C=N–C) groups is 1. The molecule has 3 aliphatic rings. The summed E-state index contributed by atoms with van der Waals surface area (Å²) in [5.41, 5.74) is -2.40. The number of aliphatic hydroxyl groups excluding tert-OH is 4. The molecule has 0 bridgehead atoms. The molecule has 0 aliphatic carbocycles. The number of ether oxygens (including phenoxy) is 3. The number of carbonyl (C=O) groups is 3. The molecule has 0 saturated carbocycles. The Bertz CT molecular complexity index is 2610. The fourth-order valence-corrected chi connectivity index (χ4v) is 8.37. The summed E-state index contributed by atoms with van der Waals surface area (Å²) in [5.74, 6) is -3.56. The molecule has 7 rings (SSSR count). The molecule has 0 spiro atoms. The van der Waals surface area contributed by atoms with E-state index in [2.05, 4.69) is 10.3 Å². The highest BCUT2D eigenvalue weighted by atomic mass is 16.8. The van der Waals surface area contributed by atoms with E-state index in [0.717, 1.165) is 11.1 Å². The van der Waals surface area contributed by atoms with Gasteiger partial charge in [-0.3, -0.25) is 19.9 Å². The number of carboxylic acid groups (broad SMARTS) is 1. The lowest BCUT2D eigenvalue weighted by Gasteiger charge is -2.57. The summed E-state index contributed by atoms with van der Waals surface area (Å²) in [6.07, 6.45) is -7.43. The van der Waals surface area contributed by atoms with Gasteiger partial charge in [-0.05, 0) is 74.7 Å². The number of benzene rings is 3. The van der Waals surface area contributed by atoms with Crippen molar-refractivity contribution in [2.75, 3.05) is 26.3 Å². The van der Waals surface area contributed by atoms with Gasteiger partial charge >= 0.3 is 11.9 Å². The van der Waals surface area contributed by atoms with E-state index in [-0.39, 0.29) is 54.0 Å². The number of rotatable bonds is 19. The van der Waals surface area contributed by atoms with Crippen LogP contribution < -0.4 is 15.5 Å². The quantitative estimate of drug-likeness (QED) is 0.0208. The minimum atomic E-state index is -3.27. The number of allylic oxidation sites excluding steroid dienone is 1. The van der Waals surface area contributed by atoms with Crippen molar-refractivity contribution in [1.29, 1.82) is 0 Å². The number of hydroxylamine groups is 2. The van der Waals surface area contributed by atoms with Crippen LogP contribution in [0, 0.1) is 13.8 Å². The number of carbonyl (C=O) groups excluding carboxylic acids is 2. The normalized spacial score (nSPS) is 23.9. The van der Waals surface area contributed by atoms with Gasteiger partial charge in [0, 0.05) is 43.0 Å². The summed E-state index contributed by atoms with van der Waals surface area (Å²) in [7, 11) is 0. The fraction of sp³-hybridized carbons (Fsp3) is 0.370. The first kappa shape index (κ1) is 47.6. The number of nitrogens with one attached hydrogen (secondary N) is 1. The molecule has 350 valence electrons. The van der Waals surface area contributed by atoms with E-state index in [1.807, 2.05) is 32.0 Å². The summed E-state index contributed by atoms with van der Waals surface area (Å²) in [6.45, 7) is 1.40. The molecule has 4 heterocycles. The van der Waals surface area contributed by atoms with Crippen LogP contribution in [0.4, 0.5) is 0 Å². The van der Waals surface area contributed by atoms with Crippen molar-refractivity contribution < 1.29 is 78.7 Å². The smallest absolute Gasteiger partial charge is 0.337 e. The molecule has 1 aromatic heterocycles. The third-order valence-electron chi connectivity index (χ3n) is 11.6. The summed E-state index contributed by atoms with van der Waals surface area (Å²) in [5, 5.41) is 93.3. The number of aromatic hydroxyl groups is 1. The van der Waals surface area contributed by atoms with E-state index in [9.17, 15) is 60.0 Å². The van der Waals surface area contributed by atoms with Crippen molar-refractivity contribution >= 4 is 41.1 Å². The molecule has 0 radical (unpaired) electrons. The Morgan fingerprint density at radius 3 is 2.42 bits per heavy atom. The van der Waals surface area contributed by atoms with Gasteiger partial charge < -0.3 is 64.3 Å². The first-order valence-corrected chi connectivity index (χ1v) is 20.9. The molecule has 0 amide bonds. The first-order valence-electron chi connectivity index (χ1n) is 20.9. The number of fused-ring (bicyclic) bond motifs is 2. The SMILES string of the molecule is Cc1cc(C)cc(C2=C3N=CC=C3CN2O[C@@H]2[C@@H](Oc3ccc4c(=O)c(-c5ccc(O)cc5)coc4c3)O[C@@H]([C@@H](O)OC(=O)[C@H](NCCC=O)C(=O)O)[C@@](O)(CO)[C@]2(O)[C@H](O)CCCO)c1. The van der Waals surface area contributed by atoms with E-state index in [0.29, 0.717) is 34.4 Å². The van der Waals surface area contributed by atoms with Crippen molar-refractivity contribution in [3.05, 3.63) is 111 Å². The lowest BCUT2D eigenvalue weighted by molar-refractivity contribution is -0.417. The minimum Gasteiger partial charge on any atom is -0.508 e. The van der Waals surface area contributed by atoms with Gasteiger partial charge in [-0.15, -0.1) is 0 Å². The third-order valence-corrected chi connectivity index (χ3v) is 11.6. The average molecular weight is 916 g/mol. The van der Waals surface area contributed by atoms with Gasteiger partial charge in [0.1, 0.15) is 29.6 Å². The first-order chi connectivity index (χ1) is 31.5. The van der Waals surface area contributed by atoms with Crippen molar-refractivity contribution in [3.8, 4) is 22.6 Å². The number of carboxylic acids is 1. The Kier molecular flexibility index (Phi) is 14.2. The third kappa shape index (κ3) is 9.10. The molecule has 1 fully saturated rings. The highest BCUT2D eigenvalue weighted by molar-refractivity contribution is 5.98. The standard InChI is InChI=1S/C46H49N3O17/c1-24-17-25(2)19-28(18-24)37-35-27(12-14-48-35)21-49(37)66-40-44(63-30-10-11-31-33(20-30)62-22-32(38(31)55)26-6-8-29(53)9-7-26)64-39(45(60,23-52)46(40,61)34(54)5-3-15-50)43(59)65-42(58)36(41(56)57)47-13-4-16-51/h6-12,14,16-20,22,34,36,39-40,43-44,47,50,52-54,59-61H,3-5,13,15,21,23H2,1-2H3,(H,56,57)/t34-,36-,39+,40-,43+,44+,45+,46+/m1/s1. The maximum atomic E-state index is 13.7. The van der Waals surface area contributed by atoms with E-state index in [4.69, 9.17) is 23.5 Å². The van der Waals surface area contributed by atoms with Gasteiger partial charge in [-0.1, -0.05) is 29.3 Å². The van der Waals surface area contributed by atoms with Gasteiger partial charge in [0.25, 0.3) is 0 Å². The molecule has 0 unspecified atom stereocenters. The number of nitrogens with zero attached hydrogens (tertiary/aromatic N) is 2. The summed E-state index contributed by atoms with van der Waals surface area (Å²) < 4.78 is 23.4. The van der Waals surface area contributed by atoms with Crippen LogP contribution in [0.25, 0.3) is 27.8 Å². The summed E-state index contributed by atoms with van der Waals surface area (Å²) in [6, 6.07) is 13.3. The van der Waals surface area contributed by atoms with Crippen molar-refractivity contribution in [3.63, 3.8) is 0 Å². The maximum Gasteiger partial charge on any atom is 0.337 e. The summed E-state index contributed by atoms with van der Waals surface area (Å²) >= 11 is 0. The molecule has 8 atom stereocenters. The zero-order valence-corrected chi connectivity index (χ0v) is 35.6. The Morgan fingerprint density at radius 2 is 1.76 bits per heavy atom. The molecular weight excluding hydrogens is 867 g/mol. The van der Waals surface area contributed by atoms with Crippen LogP contribution in [0.2, 0.25) is 0 Å². The zero-order chi connectivity index (χ0) is 47.5. The monoisotopic (exact) mass is 915 g/mol. The Balaban J connectivity index is 1.34. The maximum absolute atomic E-state index is 13.7. The lowest BCUT2D eigenvalue weighted by atomic mass is 9.68. The molecule has 1 saturated heterocycles. The number of aryl methyl sites for hydroxylation is 2. The molecule has 20 heteroatoms. The van der Waals surface area contributed by atoms with Crippen LogP contribution in [0.15, 0.2) is 98.5 Å². The predicted octanol–water partition coefficient (Wildman–Crippen LogP) is 0.963. The van der Waals surface area contributed by atoms with Crippen LogP contribution in [-0.4, -0.2) is 145 Å². The number of phenolic OH excluding ortho intramolecular Hbond substituents is 1. The second-order valence-corrected chi connectivity index (χ2v) is 16.1. The van der Waals surface area contributed by atoms with Crippen LogP contribution in [0.3, 0.4) is 0 Å². The number of aliphatic hydroxyl groups is 6. The molecule has 3 aliphatic heterocycles. The van der Waals surface area contributed by atoms with Gasteiger partial charge in [0.05, 0.1) is 41.6 Å². The molecule has 9 N–H and O–H groups in total. The van der Waals surface area contributed by atoms with Crippen LogP contribution >= 0.6 is 0 Å². The van der Waals surface area contributed by atoms with Gasteiger partial charge in [0.2, 0.25) is 18.6 Å². The van der Waals surface area contributed by atoms with Crippen LogP contribution in [-0.2, 0) is 28.7 Å². The molecule has 3 aromatic carbocycles. The second-order valence-electron chi connectivity index (χ2n) is 16.1. The number of aldehydes is 1. The van der Waals surface area contributed by atoms with E-state index < -0.39 is 85.1 Å². The molecular formula is C46H49N3O17. The number of phenols is 1. The Labute approximate surface area is 375 Å². The van der Waals surface area contributed by atoms with Crippen molar-refractivity contribution in [2.45, 2.75) is 81.2 Å². The van der Waals surface area contributed by atoms with Crippen LogP contribution in [0.5, 0.6) is 11.5 Å².